The van der Waals surface area contributed by atoms with Crippen molar-refractivity contribution in [1.29, 1.82) is 0 Å². The topological polar surface area (TPSA) is 77.1 Å². The maximum atomic E-state index is 13.8. The Balaban J connectivity index is 1.62. The van der Waals surface area contributed by atoms with Crippen LogP contribution in [0, 0.1) is 0 Å². The summed E-state index contributed by atoms with van der Waals surface area (Å²) in [4.78, 5) is 29.2. The highest BCUT2D eigenvalue weighted by Gasteiger charge is 2.32. The van der Waals surface area contributed by atoms with Crippen LogP contribution >= 0.6 is 11.6 Å². The highest BCUT2D eigenvalue weighted by molar-refractivity contribution is 6.30. The Labute approximate surface area is 235 Å². The number of carbonyl (C=O) groups is 2. The molecule has 1 N–H and O–H groups in total. The van der Waals surface area contributed by atoms with Gasteiger partial charge in [-0.2, -0.15) is 0 Å². The van der Waals surface area contributed by atoms with Crippen molar-refractivity contribution in [3.63, 3.8) is 0 Å². The number of rotatable bonds is 12. The van der Waals surface area contributed by atoms with E-state index in [1.807, 2.05) is 48.5 Å². The van der Waals surface area contributed by atoms with Gasteiger partial charge in [0.05, 0.1) is 14.2 Å². The summed E-state index contributed by atoms with van der Waals surface area (Å²) < 4.78 is 16.5. The van der Waals surface area contributed by atoms with Crippen LogP contribution in [0.2, 0.25) is 5.02 Å². The number of methoxy groups -OCH3 is 2. The van der Waals surface area contributed by atoms with Crippen LogP contribution in [0.15, 0.2) is 72.8 Å². The highest BCUT2D eigenvalue weighted by atomic mass is 35.5. The molecule has 0 radical (unpaired) electrons. The number of benzene rings is 3. The zero-order valence-corrected chi connectivity index (χ0v) is 23.2. The fourth-order valence-electron chi connectivity index (χ4n) is 4.85. The van der Waals surface area contributed by atoms with Crippen LogP contribution in [0.5, 0.6) is 17.2 Å². The average molecular weight is 551 g/mol. The van der Waals surface area contributed by atoms with E-state index in [9.17, 15) is 9.59 Å². The van der Waals surface area contributed by atoms with E-state index in [-0.39, 0.29) is 31.0 Å². The lowest BCUT2D eigenvalue weighted by molar-refractivity contribution is -0.143. The van der Waals surface area contributed by atoms with Gasteiger partial charge in [0.15, 0.2) is 6.61 Å². The van der Waals surface area contributed by atoms with Crippen molar-refractivity contribution in [2.24, 2.45) is 0 Å². The Hall–Kier alpha value is -3.71. The molecule has 1 saturated carbocycles. The zero-order chi connectivity index (χ0) is 27.6. The van der Waals surface area contributed by atoms with E-state index in [4.69, 9.17) is 25.8 Å². The van der Waals surface area contributed by atoms with Crippen LogP contribution in [0.4, 0.5) is 0 Å². The molecule has 1 fully saturated rings. The lowest BCUT2D eigenvalue weighted by Gasteiger charge is -2.32. The first-order valence-corrected chi connectivity index (χ1v) is 13.6. The van der Waals surface area contributed by atoms with Crippen molar-refractivity contribution in [3.8, 4) is 17.2 Å². The summed E-state index contributed by atoms with van der Waals surface area (Å²) in [5.41, 5.74) is 1.79. The highest BCUT2D eigenvalue weighted by Crippen LogP contribution is 2.28. The maximum absolute atomic E-state index is 13.8. The summed E-state index contributed by atoms with van der Waals surface area (Å²) >= 11 is 6.26. The molecule has 0 saturated heterocycles. The van der Waals surface area contributed by atoms with E-state index in [1.165, 1.54) is 0 Å². The van der Waals surface area contributed by atoms with Gasteiger partial charge in [-0.25, -0.2) is 0 Å². The molecule has 8 heteroatoms. The Morgan fingerprint density at radius 2 is 1.54 bits per heavy atom. The van der Waals surface area contributed by atoms with Gasteiger partial charge in [-0.1, -0.05) is 66.9 Å². The minimum absolute atomic E-state index is 0.124. The van der Waals surface area contributed by atoms with Crippen molar-refractivity contribution in [3.05, 3.63) is 88.9 Å². The maximum Gasteiger partial charge on any atom is 0.261 e. The largest absolute Gasteiger partial charge is 0.496 e. The molecule has 0 spiro atoms. The normalized spacial score (nSPS) is 13.9. The van der Waals surface area contributed by atoms with E-state index < -0.39 is 6.04 Å². The molecule has 0 aliphatic heterocycles. The van der Waals surface area contributed by atoms with Gasteiger partial charge in [-0.05, 0) is 36.1 Å². The lowest BCUT2D eigenvalue weighted by atomic mass is 10.0. The van der Waals surface area contributed by atoms with Crippen LogP contribution in [-0.2, 0) is 22.6 Å². The smallest absolute Gasteiger partial charge is 0.261 e. The van der Waals surface area contributed by atoms with Crippen molar-refractivity contribution in [1.82, 2.24) is 10.2 Å². The van der Waals surface area contributed by atoms with Gasteiger partial charge >= 0.3 is 0 Å². The summed E-state index contributed by atoms with van der Waals surface area (Å²) in [6, 6.07) is 21.6. The van der Waals surface area contributed by atoms with Gasteiger partial charge in [-0.3, -0.25) is 9.59 Å². The van der Waals surface area contributed by atoms with Crippen LogP contribution in [0.25, 0.3) is 0 Å². The molecule has 0 bridgehead atoms. The third-order valence-electron chi connectivity index (χ3n) is 6.90. The molecule has 1 unspecified atom stereocenters. The molecule has 3 aromatic carbocycles. The summed E-state index contributed by atoms with van der Waals surface area (Å²) in [6.45, 7) is -0.0569. The summed E-state index contributed by atoms with van der Waals surface area (Å²) in [5, 5.41) is 3.77. The first kappa shape index (κ1) is 28.3. The number of amides is 2. The van der Waals surface area contributed by atoms with Gasteiger partial charge < -0.3 is 24.4 Å². The van der Waals surface area contributed by atoms with Gasteiger partial charge in [-0.15, -0.1) is 0 Å². The number of hydrogen-bond acceptors (Lipinski definition) is 5. The third kappa shape index (κ3) is 8.14. The van der Waals surface area contributed by atoms with Crippen molar-refractivity contribution in [2.75, 3.05) is 20.8 Å². The third-order valence-corrected chi connectivity index (χ3v) is 7.14. The second-order valence-corrected chi connectivity index (χ2v) is 10.1. The molecule has 1 aliphatic carbocycles. The predicted octanol–water partition coefficient (Wildman–Crippen LogP) is 5.43. The molecule has 0 aromatic heterocycles. The van der Waals surface area contributed by atoms with Gasteiger partial charge in [0.25, 0.3) is 5.91 Å². The number of nitrogens with one attached hydrogen (secondary N) is 1. The molecule has 7 nitrogen and oxygen atoms in total. The molecule has 0 heterocycles. The van der Waals surface area contributed by atoms with Gasteiger partial charge in [0.2, 0.25) is 5.91 Å². The summed E-state index contributed by atoms with van der Waals surface area (Å²) in [5.74, 6) is 1.04. The van der Waals surface area contributed by atoms with Crippen LogP contribution in [-0.4, -0.2) is 49.6 Å². The van der Waals surface area contributed by atoms with E-state index in [0.717, 1.165) is 36.8 Å². The number of carbonyl (C=O) groups excluding carboxylic acids is 2. The number of halogens is 1. The van der Waals surface area contributed by atoms with Crippen molar-refractivity contribution in [2.45, 2.75) is 50.7 Å². The number of hydrogen-bond donors (Lipinski definition) is 1. The molecule has 1 atom stereocenters. The molecule has 4 rings (SSSR count). The first-order valence-electron chi connectivity index (χ1n) is 13.2. The van der Waals surface area contributed by atoms with Gasteiger partial charge in [0.1, 0.15) is 23.3 Å². The second-order valence-electron chi connectivity index (χ2n) is 9.68. The molecule has 3 aromatic rings. The van der Waals surface area contributed by atoms with Crippen molar-refractivity contribution < 1.29 is 23.8 Å². The number of ether oxygens (including phenoxy) is 3. The van der Waals surface area contributed by atoms with Crippen LogP contribution in [0.1, 0.15) is 36.8 Å². The predicted molar refractivity (Wildman–Crippen MR) is 151 cm³/mol. The van der Waals surface area contributed by atoms with Crippen molar-refractivity contribution >= 4 is 23.4 Å². The minimum Gasteiger partial charge on any atom is -0.496 e. The SMILES string of the molecule is COc1cc(OC)cc(OCC(=O)N(Cc2cccc(Cl)c2)C(Cc2ccccc2)C(=O)NC2CCCC2)c1. The van der Waals surface area contributed by atoms with Crippen LogP contribution in [0.3, 0.4) is 0 Å². The van der Waals surface area contributed by atoms with E-state index in [2.05, 4.69) is 5.32 Å². The van der Waals surface area contributed by atoms with E-state index in [1.54, 1.807) is 43.4 Å². The number of nitrogens with zero attached hydrogens (tertiary/aromatic N) is 1. The van der Waals surface area contributed by atoms with Gasteiger partial charge in [0, 0.05) is 42.2 Å². The Bertz CT molecular complexity index is 1220. The summed E-state index contributed by atoms with van der Waals surface area (Å²) in [7, 11) is 3.10. The molecular formula is C31H35ClN2O5. The average Bonchev–Trinajstić information content (AvgIpc) is 3.47. The molecule has 206 valence electrons. The molecule has 39 heavy (non-hydrogen) atoms. The fraction of sp³-hybridized carbons (Fsp3) is 0.355. The molecular weight excluding hydrogens is 516 g/mol. The standard InChI is InChI=1S/C31H35ClN2O5/c1-37-26-17-27(38-2)19-28(18-26)39-21-30(35)34(20-23-11-8-12-24(32)15-23)29(16-22-9-4-3-5-10-22)31(36)33-25-13-6-7-14-25/h3-5,8-12,15,17-19,25,29H,6-7,13-14,16,20-21H2,1-2H3,(H,33,36). The minimum atomic E-state index is -0.733. The quantitative estimate of drug-likeness (QED) is 0.325. The second kappa shape index (κ2) is 13.9. The van der Waals surface area contributed by atoms with E-state index in [0.29, 0.717) is 28.7 Å². The van der Waals surface area contributed by atoms with Crippen LogP contribution < -0.4 is 19.5 Å². The fourth-order valence-corrected chi connectivity index (χ4v) is 5.06. The Morgan fingerprint density at radius 3 is 2.18 bits per heavy atom. The molecule has 2 amide bonds. The zero-order valence-electron chi connectivity index (χ0n) is 22.4. The lowest BCUT2D eigenvalue weighted by Crippen LogP contribution is -2.53. The monoisotopic (exact) mass is 550 g/mol. The first-order chi connectivity index (χ1) is 18.9. The summed E-state index contributed by atoms with van der Waals surface area (Å²) in [6.07, 6.45) is 4.47. The van der Waals surface area contributed by atoms with E-state index >= 15 is 0 Å². The Morgan fingerprint density at radius 1 is 0.897 bits per heavy atom. The Kier molecular flexibility index (Phi) is 10.1. The molecule has 1 aliphatic rings.